The number of alkyl halides is 3. The lowest BCUT2D eigenvalue weighted by Gasteiger charge is -2.25. The lowest BCUT2D eigenvalue weighted by atomic mass is 10.1. The number of hydrogen-bond acceptors (Lipinski definition) is 2. The van der Waals surface area contributed by atoms with Crippen LogP contribution in [0.1, 0.15) is 24.9 Å². The summed E-state index contributed by atoms with van der Waals surface area (Å²) in [5.41, 5.74) is 6.15. The van der Waals surface area contributed by atoms with Gasteiger partial charge in [0.15, 0.2) is 6.04 Å². The summed E-state index contributed by atoms with van der Waals surface area (Å²) in [5.74, 6) is 0. The summed E-state index contributed by atoms with van der Waals surface area (Å²) in [6.07, 6.45) is -1.37. The van der Waals surface area contributed by atoms with E-state index in [2.05, 4.69) is 5.10 Å². The molecule has 1 rings (SSSR count). The third kappa shape index (κ3) is 2.71. The van der Waals surface area contributed by atoms with Gasteiger partial charge in [0.2, 0.25) is 0 Å². The molecule has 86 valence electrons. The molecule has 2 unspecified atom stereocenters. The molecule has 0 aliphatic heterocycles. The van der Waals surface area contributed by atoms with Crippen LogP contribution in [0.2, 0.25) is 0 Å². The number of halogens is 3. The molecule has 0 saturated carbocycles. The molecule has 1 heterocycles. The van der Waals surface area contributed by atoms with Crippen molar-refractivity contribution < 1.29 is 13.2 Å². The molecule has 1 aromatic rings. The first-order valence-electron chi connectivity index (χ1n) is 4.69. The Labute approximate surface area is 86.1 Å². The van der Waals surface area contributed by atoms with Crippen molar-refractivity contribution >= 4 is 0 Å². The molecular weight excluding hydrogens is 207 g/mol. The summed E-state index contributed by atoms with van der Waals surface area (Å²) < 4.78 is 39.0. The Kier molecular flexibility index (Phi) is 3.38. The van der Waals surface area contributed by atoms with Crippen molar-refractivity contribution in [3.05, 3.63) is 18.0 Å². The summed E-state index contributed by atoms with van der Waals surface area (Å²) in [6.45, 7) is 3.31. The van der Waals surface area contributed by atoms with E-state index >= 15 is 0 Å². The van der Waals surface area contributed by atoms with E-state index in [1.54, 1.807) is 13.8 Å². The first-order chi connectivity index (χ1) is 6.86. The van der Waals surface area contributed by atoms with Crippen LogP contribution in [-0.2, 0) is 0 Å². The second-order valence-corrected chi connectivity index (χ2v) is 3.56. The molecule has 0 fully saturated rings. The van der Waals surface area contributed by atoms with Crippen molar-refractivity contribution in [3.63, 3.8) is 0 Å². The number of aromatic nitrogens is 2. The van der Waals surface area contributed by atoms with Crippen LogP contribution < -0.4 is 5.73 Å². The van der Waals surface area contributed by atoms with Gasteiger partial charge in [-0.3, -0.25) is 4.68 Å². The molecule has 0 saturated heterocycles. The van der Waals surface area contributed by atoms with Gasteiger partial charge in [-0.2, -0.15) is 18.3 Å². The Morgan fingerprint density at radius 3 is 2.47 bits per heavy atom. The van der Waals surface area contributed by atoms with Crippen LogP contribution in [0.3, 0.4) is 0 Å². The predicted octanol–water partition coefficient (Wildman–Crippen LogP) is 2.03. The van der Waals surface area contributed by atoms with Gasteiger partial charge in [-0.1, -0.05) is 6.92 Å². The lowest BCUT2D eigenvalue weighted by Crippen LogP contribution is -2.41. The molecule has 2 N–H and O–H groups in total. The van der Waals surface area contributed by atoms with Crippen molar-refractivity contribution in [3.8, 4) is 0 Å². The first kappa shape index (κ1) is 12.0. The minimum atomic E-state index is -4.37. The van der Waals surface area contributed by atoms with E-state index in [0.717, 1.165) is 4.68 Å². The van der Waals surface area contributed by atoms with Crippen molar-refractivity contribution in [2.45, 2.75) is 38.5 Å². The smallest absolute Gasteiger partial charge is 0.326 e. The highest BCUT2D eigenvalue weighted by Crippen LogP contribution is 2.33. The maximum atomic E-state index is 12.7. The molecule has 2 atom stereocenters. The molecule has 1 aromatic heterocycles. The third-order valence-electron chi connectivity index (χ3n) is 2.23. The highest BCUT2D eigenvalue weighted by atomic mass is 19.4. The quantitative estimate of drug-likeness (QED) is 0.848. The average Bonchev–Trinajstić information content (AvgIpc) is 2.49. The van der Waals surface area contributed by atoms with E-state index in [4.69, 9.17) is 5.73 Å². The molecule has 0 amide bonds. The van der Waals surface area contributed by atoms with Crippen LogP contribution in [0.25, 0.3) is 0 Å². The molecule has 0 radical (unpaired) electrons. The second-order valence-electron chi connectivity index (χ2n) is 3.56. The largest absolute Gasteiger partial charge is 0.412 e. The number of nitrogens with zero attached hydrogens (tertiary/aromatic N) is 2. The molecule has 0 bridgehead atoms. The maximum Gasteiger partial charge on any atom is 0.412 e. The zero-order valence-electron chi connectivity index (χ0n) is 8.62. The topological polar surface area (TPSA) is 43.8 Å². The fourth-order valence-corrected chi connectivity index (χ4v) is 1.40. The zero-order chi connectivity index (χ0) is 11.6. The summed E-state index contributed by atoms with van der Waals surface area (Å²) in [7, 11) is 0. The van der Waals surface area contributed by atoms with Gasteiger partial charge >= 0.3 is 6.18 Å². The molecular formula is C9H14F3N3. The van der Waals surface area contributed by atoms with Crippen molar-refractivity contribution in [2.75, 3.05) is 0 Å². The summed E-state index contributed by atoms with van der Waals surface area (Å²) in [6, 6.07) is -2.71. The fraction of sp³-hybridized carbons (Fsp3) is 0.667. The third-order valence-corrected chi connectivity index (χ3v) is 2.23. The minimum Gasteiger partial charge on any atom is -0.326 e. The van der Waals surface area contributed by atoms with Crippen molar-refractivity contribution in [1.29, 1.82) is 0 Å². The van der Waals surface area contributed by atoms with E-state index in [1.807, 2.05) is 0 Å². The van der Waals surface area contributed by atoms with E-state index in [0.29, 0.717) is 5.56 Å². The molecule has 15 heavy (non-hydrogen) atoms. The van der Waals surface area contributed by atoms with Crippen LogP contribution in [0.15, 0.2) is 12.4 Å². The molecule has 0 aliphatic carbocycles. The standard InChI is InChI=1S/C9H14F3N3/c1-3-7(13)8(9(10,11)12)15-5-6(2)4-14-15/h4-5,7-8H,3,13H2,1-2H3. The summed E-state index contributed by atoms with van der Waals surface area (Å²) in [4.78, 5) is 0. The van der Waals surface area contributed by atoms with Crippen molar-refractivity contribution in [2.24, 2.45) is 5.73 Å². The van der Waals surface area contributed by atoms with Gasteiger partial charge in [0, 0.05) is 12.2 Å². The zero-order valence-corrected chi connectivity index (χ0v) is 8.62. The van der Waals surface area contributed by atoms with Crippen LogP contribution in [0, 0.1) is 6.92 Å². The monoisotopic (exact) mass is 221 g/mol. The number of aryl methyl sites for hydroxylation is 1. The Morgan fingerprint density at radius 2 is 2.13 bits per heavy atom. The van der Waals surface area contributed by atoms with E-state index in [-0.39, 0.29) is 6.42 Å². The molecule has 0 aromatic carbocycles. The number of nitrogens with two attached hydrogens (primary N) is 1. The van der Waals surface area contributed by atoms with Gasteiger partial charge in [-0.25, -0.2) is 0 Å². The Balaban J connectivity index is 3.01. The molecule has 0 aliphatic rings. The van der Waals surface area contributed by atoms with Gasteiger partial charge in [0.05, 0.1) is 6.20 Å². The maximum absolute atomic E-state index is 12.7. The Morgan fingerprint density at radius 1 is 1.53 bits per heavy atom. The van der Waals surface area contributed by atoms with Crippen LogP contribution in [0.4, 0.5) is 13.2 Å². The Bertz CT molecular complexity index is 319. The van der Waals surface area contributed by atoms with E-state index in [1.165, 1.54) is 12.4 Å². The Hall–Kier alpha value is -1.04. The predicted molar refractivity (Wildman–Crippen MR) is 50.3 cm³/mol. The van der Waals surface area contributed by atoms with Gasteiger partial charge in [0.25, 0.3) is 0 Å². The van der Waals surface area contributed by atoms with Crippen LogP contribution in [0.5, 0.6) is 0 Å². The molecule has 3 nitrogen and oxygen atoms in total. The lowest BCUT2D eigenvalue weighted by molar-refractivity contribution is -0.175. The van der Waals surface area contributed by atoms with Crippen LogP contribution >= 0.6 is 0 Å². The van der Waals surface area contributed by atoms with Gasteiger partial charge in [-0.05, 0) is 18.9 Å². The highest BCUT2D eigenvalue weighted by Gasteiger charge is 2.44. The van der Waals surface area contributed by atoms with Gasteiger partial charge in [-0.15, -0.1) is 0 Å². The number of rotatable bonds is 3. The molecule has 6 heteroatoms. The fourth-order valence-electron chi connectivity index (χ4n) is 1.40. The van der Waals surface area contributed by atoms with E-state index in [9.17, 15) is 13.2 Å². The molecule has 0 spiro atoms. The minimum absolute atomic E-state index is 0.253. The number of hydrogen-bond donors (Lipinski definition) is 1. The van der Waals surface area contributed by atoms with E-state index < -0.39 is 18.3 Å². The van der Waals surface area contributed by atoms with Gasteiger partial charge < -0.3 is 5.73 Å². The normalized spacial score (nSPS) is 16.4. The van der Waals surface area contributed by atoms with Crippen molar-refractivity contribution in [1.82, 2.24) is 9.78 Å². The average molecular weight is 221 g/mol. The van der Waals surface area contributed by atoms with Gasteiger partial charge in [0.1, 0.15) is 0 Å². The summed E-state index contributed by atoms with van der Waals surface area (Å²) in [5, 5.41) is 3.67. The SMILES string of the molecule is CCC(N)C(n1cc(C)cn1)C(F)(F)F. The highest BCUT2D eigenvalue weighted by molar-refractivity contribution is 5.02. The van der Waals surface area contributed by atoms with Crippen LogP contribution in [-0.4, -0.2) is 22.0 Å². The first-order valence-corrected chi connectivity index (χ1v) is 4.69. The summed E-state index contributed by atoms with van der Waals surface area (Å²) >= 11 is 0. The second kappa shape index (κ2) is 4.22.